The zero-order valence-electron chi connectivity index (χ0n) is 20.7. The number of amides is 1. The SMILES string of the molecule is CCOC(=O)N[C@H]1CC[C@@H]2[C@@H](C1)C[C@H]1C(=O)O[C@@H](C)[C@H]1[C@@H]2C=Cc1ccc(-c2cccc(F)c2)cn1. The summed E-state index contributed by atoms with van der Waals surface area (Å²) in [5.74, 6) is 0.629. The first-order valence-corrected chi connectivity index (χ1v) is 13.0. The Balaban J connectivity index is 1.34. The Labute approximate surface area is 211 Å². The van der Waals surface area contributed by atoms with Crippen LogP contribution < -0.4 is 5.32 Å². The summed E-state index contributed by atoms with van der Waals surface area (Å²) < 4.78 is 24.3. The van der Waals surface area contributed by atoms with Gasteiger partial charge in [0.15, 0.2) is 0 Å². The number of esters is 1. The molecule has 2 heterocycles. The van der Waals surface area contributed by atoms with Gasteiger partial charge in [-0.3, -0.25) is 9.78 Å². The van der Waals surface area contributed by atoms with Crippen LogP contribution in [0.4, 0.5) is 9.18 Å². The van der Waals surface area contributed by atoms with E-state index in [-0.39, 0.29) is 47.8 Å². The minimum absolute atomic E-state index is 0.0679. The molecule has 3 fully saturated rings. The van der Waals surface area contributed by atoms with E-state index in [4.69, 9.17) is 9.47 Å². The number of nitrogens with one attached hydrogen (secondary N) is 1. The molecule has 6 nitrogen and oxygen atoms in total. The van der Waals surface area contributed by atoms with Crippen molar-refractivity contribution in [2.45, 2.75) is 51.7 Å². The molecule has 190 valence electrons. The van der Waals surface area contributed by atoms with Crippen molar-refractivity contribution < 1.29 is 23.5 Å². The monoisotopic (exact) mass is 492 g/mol. The third kappa shape index (κ3) is 5.01. The molecule has 1 aromatic carbocycles. The van der Waals surface area contributed by atoms with Crippen molar-refractivity contribution in [1.82, 2.24) is 10.3 Å². The van der Waals surface area contributed by atoms with Gasteiger partial charge in [0.2, 0.25) is 0 Å². The number of cyclic esters (lactones) is 1. The molecule has 7 heteroatoms. The number of allylic oxidation sites excluding steroid dienone is 1. The van der Waals surface area contributed by atoms with Crippen molar-refractivity contribution >= 4 is 18.1 Å². The number of alkyl carbamates (subject to hydrolysis) is 1. The number of pyridine rings is 1. The van der Waals surface area contributed by atoms with Crippen LogP contribution in [0.3, 0.4) is 0 Å². The van der Waals surface area contributed by atoms with Crippen LogP contribution in [0.15, 0.2) is 48.7 Å². The first kappa shape index (κ1) is 24.5. The van der Waals surface area contributed by atoms with Crippen LogP contribution in [0.1, 0.15) is 45.2 Å². The Bertz CT molecular complexity index is 1130. The fourth-order valence-corrected chi connectivity index (χ4v) is 6.64. The van der Waals surface area contributed by atoms with Gasteiger partial charge in [-0.05, 0) is 87.1 Å². The van der Waals surface area contributed by atoms with E-state index in [1.54, 1.807) is 19.2 Å². The second-order valence-corrected chi connectivity index (χ2v) is 10.3. The molecule has 0 bridgehead atoms. The van der Waals surface area contributed by atoms with Gasteiger partial charge in [-0.2, -0.15) is 0 Å². The Morgan fingerprint density at radius 1 is 1.22 bits per heavy atom. The van der Waals surface area contributed by atoms with Gasteiger partial charge in [0.25, 0.3) is 0 Å². The highest BCUT2D eigenvalue weighted by atomic mass is 19.1. The maximum Gasteiger partial charge on any atom is 0.407 e. The fourth-order valence-electron chi connectivity index (χ4n) is 6.64. The Hall–Kier alpha value is -3.22. The number of nitrogens with zero attached hydrogens (tertiary/aromatic N) is 1. The summed E-state index contributed by atoms with van der Waals surface area (Å²) in [5, 5.41) is 3.00. The summed E-state index contributed by atoms with van der Waals surface area (Å²) in [6.45, 7) is 4.15. The van der Waals surface area contributed by atoms with Gasteiger partial charge in [0.1, 0.15) is 11.9 Å². The zero-order chi connectivity index (χ0) is 25.2. The second kappa shape index (κ2) is 10.4. The predicted octanol–water partition coefficient (Wildman–Crippen LogP) is 5.63. The zero-order valence-corrected chi connectivity index (χ0v) is 20.7. The molecule has 1 N–H and O–H groups in total. The van der Waals surface area contributed by atoms with Crippen LogP contribution in [-0.4, -0.2) is 35.8 Å². The molecule has 5 rings (SSSR count). The van der Waals surface area contributed by atoms with Crippen molar-refractivity contribution in [2.75, 3.05) is 6.61 Å². The third-order valence-electron chi connectivity index (χ3n) is 8.18. The summed E-state index contributed by atoms with van der Waals surface area (Å²) in [7, 11) is 0. The van der Waals surface area contributed by atoms with Crippen molar-refractivity contribution in [3.63, 3.8) is 0 Å². The number of carbonyl (C=O) groups is 2. The molecule has 2 aliphatic carbocycles. The van der Waals surface area contributed by atoms with Gasteiger partial charge >= 0.3 is 12.1 Å². The van der Waals surface area contributed by atoms with Crippen LogP contribution in [-0.2, 0) is 14.3 Å². The number of aromatic nitrogens is 1. The molecule has 0 spiro atoms. The highest BCUT2D eigenvalue weighted by molar-refractivity contribution is 5.75. The molecule has 1 aromatic heterocycles. The number of carbonyl (C=O) groups excluding carboxylic acids is 2. The normalized spacial score (nSPS) is 31.4. The Morgan fingerprint density at radius 2 is 2.08 bits per heavy atom. The Morgan fingerprint density at radius 3 is 2.83 bits per heavy atom. The molecule has 3 aliphatic rings. The molecule has 2 aromatic rings. The van der Waals surface area contributed by atoms with Crippen LogP contribution in [0.25, 0.3) is 17.2 Å². The van der Waals surface area contributed by atoms with E-state index < -0.39 is 0 Å². The third-order valence-corrected chi connectivity index (χ3v) is 8.18. The van der Waals surface area contributed by atoms with Crippen LogP contribution >= 0.6 is 0 Å². The van der Waals surface area contributed by atoms with Crippen molar-refractivity contribution in [1.29, 1.82) is 0 Å². The van der Waals surface area contributed by atoms with Gasteiger partial charge in [-0.15, -0.1) is 0 Å². The summed E-state index contributed by atoms with van der Waals surface area (Å²) in [5.41, 5.74) is 2.48. The first-order chi connectivity index (χ1) is 17.4. The summed E-state index contributed by atoms with van der Waals surface area (Å²) in [4.78, 5) is 29.2. The molecule has 1 aliphatic heterocycles. The number of benzene rings is 1. The average Bonchev–Trinajstić information content (AvgIpc) is 3.15. The number of hydrogen-bond acceptors (Lipinski definition) is 5. The van der Waals surface area contributed by atoms with Crippen LogP contribution in [0.5, 0.6) is 0 Å². The van der Waals surface area contributed by atoms with E-state index in [9.17, 15) is 14.0 Å². The largest absolute Gasteiger partial charge is 0.462 e. The molecule has 1 amide bonds. The van der Waals surface area contributed by atoms with E-state index in [0.29, 0.717) is 18.4 Å². The molecular weight excluding hydrogens is 459 g/mol. The molecule has 36 heavy (non-hydrogen) atoms. The van der Waals surface area contributed by atoms with Crippen molar-refractivity contribution in [3.05, 3.63) is 60.2 Å². The van der Waals surface area contributed by atoms with E-state index >= 15 is 0 Å². The quantitative estimate of drug-likeness (QED) is 0.548. The molecule has 1 saturated heterocycles. The molecule has 7 atom stereocenters. The topological polar surface area (TPSA) is 77.5 Å². The number of fused-ring (bicyclic) bond motifs is 2. The summed E-state index contributed by atoms with van der Waals surface area (Å²) in [6.07, 6.45) is 9.07. The molecule has 0 radical (unpaired) electrons. The minimum atomic E-state index is -0.368. The van der Waals surface area contributed by atoms with Gasteiger partial charge in [-0.1, -0.05) is 24.3 Å². The molecule has 2 saturated carbocycles. The van der Waals surface area contributed by atoms with Gasteiger partial charge in [0.05, 0.1) is 18.2 Å². The van der Waals surface area contributed by atoms with Crippen molar-refractivity contribution in [3.8, 4) is 11.1 Å². The van der Waals surface area contributed by atoms with Crippen molar-refractivity contribution in [2.24, 2.45) is 29.6 Å². The second-order valence-electron chi connectivity index (χ2n) is 10.3. The maximum absolute atomic E-state index is 13.6. The highest BCUT2D eigenvalue weighted by Gasteiger charge is 2.54. The smallest absolute Gasteiger partial charge is 0.407 e. The lowest BCUT2D eigenvalue weighted by atomic mass is 9.57. The van der Waals surface area contributed by atoms with Crippen LogP contribution in [0, 0.1) is 35.4 Å². The predicted molar refractivity (Wildman–Crippen MR) is 134 cm³/mol. The number of rotatable bonds is 5. The first-order valence-electron chi connectivity index (χ1n) is 13.0. The molecular formula is C29H33FN2O4. The summed E-state index contributed by atoms with van der Waals surface area (Å²) >= 11 is 0. The van der Waals surface area contributed by atoms with E-state index in [2.05, 4.69) is 16.4 Å². The Kier molecular flexibility index (Phi) is 7.08. The highest BCUT2D eigenvalue weighted by Crippen LogP contribution is 2.53. The fraction of sp³-hybridized carbons (Fsp3) is 0.483. The maximum atomic E-state index is 13.6. The van der Waals surface area contributed by atoms with Gasteiger partial charge < -0.3 is 14.8 Å². The van der Waals surface area contributed by atoms with E-state index in [0.717, 1.165) is 42.5 Å². The lowest BCUT2D eigenvalue weighted by molar-refractivity contribution is -0.144. The number of ether oxygens (including phenoxy) is 2. The summed E-state index contributed by atoms with van der Waals surface area (Å²) in [6, 6.07) is 10.4. The van der Waals surface area contributed by atoms with E-state index in [1.807, 2.05) is 31.2 Å². The number of hydrogen-bond donors (Lipinski definition) is 1. The van der Waals surface area contributed by atoms with Gasteiger partial charge in [-0.25, -0.2) is 9.18 Å². The van der Waals surface area contributed by atoms with Gasteiger partial charge in [0, 0.05) is 23.7 Å². The standard InChI is InChI=1S/C29H33FN2O4/c1-3-35-29(34)32-23-10-11-24-20(14-23)15-26-27(17(2)36-28(26)33)25(24)12-9-22-8-7-19(16-31-22)18-5-4-6-21(30)13-18/h4-9,12-13,16-17,20,23-27H,3,10-11,14-15H2,1-2H3,(H,32,34)/t17-,20-,23-,24+,25+,26+,27-/m0/s1. The average molecular weight is 493 g/mol. The lowest BCUT2D eigenvalue weighted by Gasteiger charge is -2.47. The van der Waals surface area contributed by atoms with E-state index in [1.165, 1.54) is 12.1 Å². The lowest BCUT2D eigenvalue weighted by Crippen LogP contribution is -2.48. The minimum Gasteiger partial charge on any atom is -0.462 e. The molecule has 0 unspecified atom stereocenters. The number of halogens is 1. The van der Waals surface area contributed by atoms with Crippen LogP contribution in [0.2, 0.25) is 0 Å².